The molecule has 0 aliphatic carbocycles. The van der Waals surface area contributed by atoms with Crippen LogP contribution in [0.25, 0.3) is 0 Å². The van der Waals surface area contributed by atoms with Gasteiger partial charge in [0.1, 0.15) is 0 Å². The van der Waals surface area contributed by atoms with Crippen molar-refractivity contribution in [1.82, 2.24) is 15.6 Å². The van der Waals surface area contributed by atoms with Gasteiger partial charge in [0, 0.05) is 30.5 Å². The van der Waals surface area contributed by atoms with Crippen LogP contribution in [-0.2, 0) is 6.54 Å². The quantitative estimate of drug-likeness (QED) is 0.779. The number of aromatic nitrogens is 1. The van der Waals surface area contributed by atoms with E-state index in [1.54, 1.807) is 0 Å². The molecule has 0 saturated heterocycles. The summed E-state index contributed by atoms with van der Waals surface area (Å²) in [7, 11) is 0. The van der Waals surface area contributed by atoms with Crippen molar-refractivity contribution in [3.63, 3.8) is 0 Å². The van der Waals surface area contributed by atoms with E-state index < -0.39 is 0 Å². The van der Waals surface area contributed by atoms with Gasteiger partial charge in [-0.3, -0.25) is 4.98 Å². The number of aryl methyl sites for hydroxylation is 2. The van der Waals surface area contributed by atoms with Crippen molar-refractivity contribution in [2.24, 2.45) is 5.92 Å². The molecule has 0 aromatic carbocycles. The monoisotopic (exact) mass is 249 g/mol. The number of pyridine rings is 1. The van der Waals surface area contributed by atoms with Gasteiger partial charge in [-0.2, -0.15) is 0 Å². The predicted octanol–water partition coefficient (Wildman–Crippen LogP) is 2.42. The third-order valence-corrected chi connectivity index (χ3v) is 2.98. The second-order valence-electron chi connectivity index (χ2n) is 5.53. The minimum atomic E-state index is 0.476. The number of nitrogens with zero attached hydrogens (tertiary/aromatic N) is 1. The van der Waals surface area contributed by atoms with Crippen molar-refractivity contribution >= 4 is 0 Å². The van der Waals surface area contributed by atoms with Crippen LogP contribution in [0.3, 0.4) is 0 Å². The first-order valence-corrected chi connectivity index (χ1v) is 6.86. The zero-order chi connectivity index (χ0) is 13.5. The molecule has 102 valence electrons. The van der Waals surface area contributed by atoms with Crippen molar-refractivity contribution < 1.29 is 0 Å². The topological polar surface area (TPSA) is 37.0 Å². The summed E-state index contributed by atoms with van der Waals surface area (Å²) in [5.41, 5.74) is 3.50. The molecule has 18 heavy (non-hydrogen) atoms. The minimum Gasteiger partial charge on any atom is -0.315 e. The first-order chi connectivity index (χ1) is 8.49. The summed E-state index contributed by atoms with van der Waals surface area (Å²) in [5, 5.41) is 7.00. The van der Waals surface area contributed by atoms with Crippen LogP contribution >= 0.6 is 0 Å². The van der Waals surface area contributed by atoms with E-state index in [4.69, 9.17) is 0 Å². The Morgan fingerprint density at radius 1 is 1.11 bits per heavy atom. The molecule has 0 amide bonds. The molecule has 0 bridgehead atoms. The summed E-state index contributed by atoms with van der Waals surface area (Å²) in [5.74, 6) is 0.709. The standard InChI is InChI=1S/C15H27N3/c1-11(2)8-16-9-13(4)17-10-15-7-6-12(3)18-14(15)5/h6-7,11,13,16-17H,8-10H2,1-5H3. The summed E-state index contributed by atoms with van der Waals surface area (Å²) in [6.45, 7) is 13.8. The van der Waals surface area contributed by atoms with Crippen LogP contribution in [0.2, 0.25) is 0 Å². The number of rotatable bonds is 7. The summed E-state index contributed by atoms with van der Waals surface area (Å²) >= 11 is 0. The molecule has 3 nitrogen and oxygen atoms in total. The van der Waals surface area contributed by atoms with Crippen molar-refractivity contribution in [3.05, 3.63) is 29.1 Å². The van der Waals surface area contributed by atoms with E-state index in [0.717, 1.165) is 31.0 Å². The van der Waals surface area contributed by atoms with Crippen molar-refractivity contribution in [3.8, 4) is 0 Å². The molecule has 0 aliphatic rings. The van der Waals surface area contributed by atoms with E-state index in [-0.39, 0.29) is 0 Å². The van der Waals surface area contributed by atoms with Gasteiger partial charge in [-0.05, 0) is 44.9 Å². The van der Waals surface area contributed by atoms with Gasteiger partial charge in [-0.1, -0.05) is 19.9 Å². The van der Waals surface area contributed by atoms with Crippen LogP contribution in [0.4, 0.5) is 0 Å². The normalized spacial score (nSPS) is 13.0. The van der Waals surface area contributed by atoms with Crippen LogP contribution in [0.15, 0.2) is 12.1 Å². The van der Waals surface area contributed by atoms with Gasteiger partial charge in [-0.15, -0.1) is 0 Å². The van der Waals surface area contributed by atoms with E-state index in [2.05, 4.69) is 55.4 Å². The molecule has 1 unspecified atom stereocenters. The fourth-order valence-corrected chi connectivity index (χ4v) is 1.85. The number of hydrogen-bond donors (Lipinski definition) is 2. The average Bonchev–Trinajstić information content (AvgIpc) is 2.27. The molecule has 0 spiro atoms. The molecular weight excluding hydrogens is 222 g/mol. The Kier molecular flexibility index (Phi) is 6.30. The highest BCUT2D eigenvalue weighted by Gasteiger charge is 2.04. The second kappa shape index (κ2) is 7.49. The molecule has 1 aromatic rings. The molecule has 0 aliphatic heterocycles. The number of hydrogen-bond acceptors (Lipinski definition) is 3. The zero-order valence-electron chi connectivity index (χ0n) is 12.4. The van der Waals surface area contributed by atoms with Crippen LogP contribution in [0.5, 0.6) is 0 Å². The molecule has 0 radical (unpaired) electrons. The van der Waals surface area contributed by atoms with Crippen molar-refractivity contribution in [1.29, 1.82) is 0 Å². The summed E-state index contributed by atoms with van der Waals surface area (Å²) < 4.78 is 0. The molecule has 3 heteroatoms. The summed E-state index contributed by atoms with van der Waals surface area (Å²) in [6, 6.07) is 4.72. The van der Waals surface area contributed by atoms with Gasteiger partial charge in [0.25, 0.3) is 0 Å². The Bertz CT molecular complexity index is 361. The van der Waals surface area contributed by atoms with E-state index in [1.807, 2.05) is 6.92 Å². The minimum absolute atomic E-state index is 0.476. The largest absolute Gasteiger partial charge is 0.315 e. The highest BCUT2D eigenvalue weighted by Crippen LogP contribution is 2.06. The lowest BCUT2D eigenvalue weighted by Gasteiger charge is -2.16. The van der Waals surface area contributed by atoms with Gasteiger partial charge in [-0.25, -0.2) is 0 Å². The first-order valence-electron chi connectivity index (χ1n) is 6.86. The summed E-state index contributed by atoms with van der Waals surface area (Å²) in [4.78, 5) is 4.48. The molecule has 1 atom stereocenters. The van der Waals surface area contributed by atoms with E-state index in [0.29, 0.717) is 12.0 Å². The molecular formula is C15H27N3. The highest BCUT2D eigenvalue weighted by atomic mass is 15.0. The maximum absolute atomic E-state index is 4.48. The third kappa shape index (κ3) is 5.61. The second-order valence-corrected chi connectivity index (χ2v) is 5.53. The lowest BCUT2D eigenvalue weighted by atomic mass is 10.1. The third-order valence-electron chi connectivity index (χ3n) is 2.98. The molecule has 2 N–H and O–H groups in total. The van der Waals surface area contributed by atoms with E-state index in [1.165, 1.54) is 5.56 Å². The van der Waals surface area contributed by atoms with Crippen molar-refractivity contribution in [2.45, 2.75) is 47.2 Å². The summed E-state index contributed by atoms with van der Waals surface area (Å²) in [6.07, 6.45) is 0. The molecule has 1 rings (SSSR count). The zero-order valence-corrected chi connectivity index (χ0v) is 12.4. The van der Waals surface area contributed by atoms with Crippen LogP contribution in [0, 0.1) is 19.8 Å². The molecule has 1 aromatic heterocycles. The van der Waals surface area contributed by atoms with Gasteiger partial charge >= 0.3 is 0 Å². The Hall–Kier alpha value is -0.930. The van der Waals surface area contributed by atoms with Crippen LogP contribution in [0.1, 0.15) is 37.7 Å². The average molecular weight is 249 g/mol. The SMILES string of the molecule is Cc1ccc(CNC(C)CNCC(C)C)c(C)n1. The Balaban J connectivity index is 2.31. The molecule has 0 saturated carbocycles. The maximum atomic E-state index is 4.48. The predicted molar refractivity (Wildman–Crippen MR) is 77.7 cm³/mol. The Labute approximate surface area is 111 Å². The van der Waals surface area contributed by atoms with Crippen LogP contribution in [-0.4, -0.2) is 24.1 Å². The highest BCUT2D eigenvalue weighted by molar-refractivity contribution is 5.21. The first kappa shape index (κ1) is 15.1. The fourth-order valence-electron chi connectivity index (χ4n) is 1.85. The lowest BCUT2D eigenvalue weighted by Crippen LogP contribution is -2.37. The Morgan fingerprint density at radius 3 is 2.44 bits per heavy atom. The molecule has 1 heterocycles. The van der Waals surface area contributed by atoms with Gasteiger partial charge < -0.3 is 10.6 Å². The van der Waals surface area contributed by atoms with Crippen molar-refractivity contribution in [2.75, 3.05) is 13.1 Å². The van der Waals surface area contributed by atoms with Gasteiger partial charge in [0.2, 0.25) is 0 Å². The van der Waals surface area contributed by atoms with E-state index >= 15 is 0 Å². The lowest BCUT2D eigenvalue weighted by molar-refractivity contribution is 0.471. The van der Waals surface area contributed by atoms with E-state index in [9.17, 15) is 0 Å². The number of nitrogens with one attached hydrogen (secondary N) is 2. The maximum Gasteiger partial charge on any atom is 0.0420 e. The fraction of sp³-hybridized carbons (Fsp3) is 0.667. The van der Waals surface area contributed by atoms with Gasteiger partial charge in [0.05, 0.1) is 0 Å². The molecule has 0 fully saturated rings. The smallest absolute Gasteiger partial charge is 0.0420 e. The van der Waals surface area contributed by atoms with Gasteiger partial charge in [0.15, 0.2) is 0 Å². The van der Waals surface area contributed by atoms with Crippen LogP contribution < -0.4 is 10.6 Å². The Morgan fingerprint density at radius 2 is 1.83 bits per heavy atom.